The quantitative estimate of drug-likeness (QED) is 0.837. The summed E-state index contributed by atoms with van der Waals surface area (Å²) in [5.74, 6) is 0.162. The molecule has 2 aromatic carbocycles. The lowest BCUT2D eigenvalue weighted by atomic mass is 10.1. The SMILES string of the molecule is O=C(Cc1ccccc1)N1CCOC(c2cccc(Br)c2)C1. The van der Waals surface area contributed by atoms with Crippen molar-refractivity contribution >= 4 is 21.8 Å². The minimum atomic E-state index is -0.0500. The molecule has 0 bridgehead atoms. The average Bonchev–Trinajstić information content (AvgIpc) is 2.56. The Bertz CT molecular complexity index is 645. The van der Waals surface area contributed by atoms with Gasteiger partial charge in [0.1, 0.15) is 6.10 Å². The molecule has 1 amide bonds. The normalized spacial score (nSPS) is 18.2. The molecule has 1 unspecified atom stereocenters. The lowest BCUT2D eigenvalue weighted by Crippen LogP contribution is -2.42. The summed E-state index contributed by atoms with van der Waals surface area (Å²) in [4.78, 5) is 14.4. The maximum atomic E-state index is 12.5. The molecule has 2 aromatic rings. The van der Waals surface area contributed by atoms with Crippen LogP contribution in [0.2, 0.25) is 0 Å². The zero-order chi connectivity index (χ0) is 15.4. The van der Waals surface area contributed by atoms with E-state index in [9.17, 15) is 4.79 Å². The monoisotopic (exact) mass is 359 g/mol. The molecule has 22 heavy (non-hydrogen) atoms. The molecule has 0 spiro atoms. The Morgan fingerprint density at radius 3 is 2.77 bits per heavy atom. The van der Waals surface area contributed by atoms with Crippen LogP contribution in [0.15, 0.2) is 59.1 Å². The fourth-order valence-electron chi connectivity index (χ4n) is 2.67. The number of carbonyl (C=O) groups is 1. The number of halogens is 1. The number of nitrogens with zero attached hydrogens (tertiary/aromatic N) is 1. The van der Waals surface area contributed by atoms with Crippen LogP contribution in [0.25, 0.3) is 0 Å². The van der Waals surface area contributed by atoms with E-state index in [2.05, 4.69) is 22.0 Å². The van der Waals surface area contributed by atoms with Gasteiger partial charge in [0.15, 0.2) is 0 Å². The molecule has 0 aliphatic carbocycles. The van der Waals surface area contributed by atoms with Gasteiger partial charge < -0.3 is 9.64 Å². The van der Waals surface area contributed by atoms with Gasteiger partial charge in [-0.2, -0.15) is 0 Å². The van der Waals surface area contributed by atoms with E-state index in [4.69, 9.17) is 4.74 Å². The Morgan fingerprint density at radius 1 is 1.18 bits per heavy atom. The van der Waals surface area contributed by atoms with E-state index in [-0.39, 0.29) is 12.0 Å². The highest BCUT2D eigenvalue weighted by molar-refractivity contribution is 9.10. The Hall–Kier alpha value is -1.65. The molecule has 1 aliphatic rings. The summed E-state index contributed by atoms with van der Waals surface area (Å²) in [6.07, 6.45) is 0.400. The number of ether oxygens (including phenoxy) is 1. The third-order valence-electron chi connectivity index (χ3n) is 3.84. The maximum absolute atomic E-state index is 12.5. The molecule has 1 aliphatic heterocycles. The fraction of sp³-hybridized carbons (Fsp3) is 0.278. The van der Waals surface area contributed by atoms with Crippen LogP contribution in [0.3, 0.4) is 0 Å². The molecule has 1 saturated heterocycles. The third-order valence-corrected chi connectivity index (χ3v) is 4.33. The summed E-state index contributed by atoms with van der Waals surface area (Å²) in [7, 11) is 0. The highest BCUT2D eigenvalue weighted by Crippen LogP contribution is 2.25. The minimum Gasteiger partial charge on any atom is -0.370 e. The number of carbonyl (C=O) groups excluding carboxylic acids is 1. The van der Waals surface area contributed by atoms with Crippen molar-refractivity contribution in [1.82, 2.24) is 4.90 Å². The Balaban J connectivity index is 1.66. The van der Waals surface area contributed by atoms with E-state index in [0.717, 1.165) is 15.6 Å². The van der Waals surface area contributed by atoms with Crippen LogP contribution in [-0.2, 0) is 16.0 Å². The molecule has 1 heterocycles. The van der Waals surface area contributed by atoms with Crippen molar-refractivity contribution in [3.8, 4) is 0 Å². The molecule has 4 heteroatoms. The summed E-state index contributed by atoms with van der Waals surface area (Å²) < 4.78 is 6.86. The predicted molar refractivity (Wildman–Crippen MR) is 89.6 cm³/mol. The van der Waals surface area contributed by atoms with E-state index in [1.54, 1.807) is 0 Å². The van der Waals surface area contributed by atoms with Crippen LogP contribution in [0.5, 0.6) is 0 Å². The summed E-state index contributed by atoms with van der Waals surface area (Å²) in [6.45, 7) is 1.86. The molecule has 114 valence electrons. The zero-order valence-electron chi connectivity index (χ0n) is 12.2. The van der Waals surface area contributed by atoms with Gasteiger partial charge in [-0.15, -0.1) is 0 Å². The molecule has 3 nitrogen and oxygen atoms in total. The molecular formula is C18H18BrNO2. The third kappa shape index (κ3) is 3.76. The van der Waals surface area contributed by atoms with Gasteiger partial charge in [-0.1, -0.05) is 58.4 Å². The number of amides is 1. The molecule has 3 rings (SSSR count). The molecule has 0 N–H and O–H groups in total. The van der Waals surface area contributed by atoms with Crippen molar-refractivity contribution in [1.29, 1.82) is 0 Å². The molecule has 1 fully saturated rings. The smallest absolute Gasteiger partial charge is 0.227 e. The fourth-order valence-corrected chi connectivity index (χ4v) is 3.08. The van der Waals surface area contributed by atoms with E-state index in [0.29, 0.717) is 26.1 Å². The minimum absolute atomic E-state index is 0.0500. The first-order valence-electron chi connectivity index (χ1n) is 7.41. The van der Waals surface area contributed by atoms with Crippen LogP contribution in [-0.4, -0.2) is 30.5 Å². The van der Waals surface area contributed by atoms with E-state index in [1.807, 2.05) is 53.4 Å². The number of hydrogen-bond acceptors (Lipinski definition) is 2. The van der Waals surface area contributed by atoms with Gasteiger partial charge in [-0.25, -0.2) is 0 Å². The van der Waals surface area contributed by atoms with Crippen molar-refractivity contribution < 1.29 is 9.53 Å². The van der Waals surface area contributed by atoms with E-state index < -0.39 is 0 Å². The average molecular weight is 360 g/mol. The van der Waals surface area contributed by atoms with Crippen molar-refractivity contribution in [2.75, 3.05) is 19.7 Å². The molecular weight excluding hydrogens is 342 g/mol. The van der Waals surface area contributed by atoms with Crippen molar-refractivity contribution in [2.45, 2.75) is 12.5 Å². The molecule has 0 saturated carbocycles. The summed E-state index contributed by atoms with van der Waals surface area (Å²) in [6, 6.07) is 18.0. The molecule has 1 atom stereocenters. The van der Waals surface area contributed by atoms with Crippen LogP contribution >= 0.6 is 15.9 Å². The van der Waals surface area contributed by atoms with Crippen LogP contribution < -0.4 is 0 Å². The zero-order valence-corrected chi connectivity index (χ0v) is 13.8. The van der Waals surface area contributed by atoms with E-state index >= 15 is 0 Å². The summed E-state index contributed by atoms with van der Waals surface area (Å²) >= 11 is 3.48. The van der Waals surface area contributed by atoms with E-state index in [1.165, 1.54) is 0 Å². The number of rotatable bonds is 3. The van der Waals surface area contributed by atoms with Gasteiger partial charge in [0.05, 0.1) is 19.6 Å². The highest BCUT2D eigenvalue weighted by atomic mass is 79.9. The standard InChI is InChI=1S/C18H18BrNO2/c19-16-8-4-7-15(12-16)17-13-20(9-10-22-17)18(21)11-14-5-2-1-3-6-14/h1-8,12,17H,9-11,13H2. The lowest BCUT2D eigenvalue weighted by molar-refractivity contribution is -0.138. The first kappa shape index (κ1) is 15.3. The van der Waals surface area contributed by atoms with Crippen LogP contribution in [0.1, 0.15) is 17.2 Å². The Labute approximate surface area is 139 Å². The Morgan fingerprint density at radius 2 is 2.00 bits per heavy atom. The molecule has 0 aromatic heterocycles. The highest BCUT2D eigenvalue weighted by Gasteiger charge is 2.25. The first-order chi connectivity index (χ1) is 10.7. The number of hydrogen-bond donors (Lipinski definition) is 0. The second-order valence-electron chi connectivity index (χ2n) is 5.42. The lowest BCUT2D eigenvalue weighted by Gasteiger charge is -2.33. The van der Waals surface area contributed by atoms with Crippen molar-refractivity contribution in [3.63, 3.8) is 0 Å². The summed E-state index contributed by atoms with van der Waals surface area (Å²) in [5.41, 5.74) is 2.16. The van der Waals surface area contributed by atoms with Crippen LogP contribution in [0.4, 0.5) is 0 Å². The summed E-state index contributed by atoms with van der Waals surface area (Å²) in [5, 5.41) is 0. The maximum Gasteiger partial charge on any atom is 0.227 e. The topological polar surface area (TPSA) is 29.5 Å². The first-order valence-corrected chi connectivity index (χ1v) is 8.20. The second kappa shape index (κ2) is 7.07. The van der Waals surface area contributed by atoms with Gasteiger partial charge in [0.2, 0.25) is 5.91 Å². The second-order valence-corrected chi connectivity index (χ2v) is 6.33. The van der Waals surface area contributed by atoms with Gasteiger partial charge in [-0.05, 0) is 23.3 Å². The van der Waals surface area contributed by atoms with Crippen LogP contribution in [0, 0.1) is 0 Å². The number of morpholine rings is 1. The van der Waals surface area contributed by atoms with Gasteiger partial charge >= 0.3 is 0 Å². The number of benzene rings is 2. The molecule has 0 radical (unpaired) electrons. The largest absolute Gasteiger partial charge is 0.370 e. The van der Waals surface area contributed by atoms with Crippen molar-refractivity contribution in [2.24, 2.45) is 0 Å². The van der Waals surface area contributed by atoms with Gasteiger partial charge in [-0.3, -0.25) is 4.79 Å². The van der Waals surface area contributed by atoms with Gasteiger partial charge in [0, 0.05) is 11.0 Å². The Kier molecular flexibility index (Phi) is 4.90. The van der Waals surface area contributed by atoms with Gasteiger partial charge in [0.25, 0.3) is 0 Å². The predicted octanol–water partition coefficient (Wildman–Crippen LogP) is 3.59. The van der Waals surface area contributed by atoms with Crippen molar-refractivity contribution in [3.05, 3.63) is 70.2 Å².